The highest BCUT2D eigenvalue weighted by atomic mass is 19.4. The second kappa shape index (κ2) is 5.98. The Hall–Kier alpha value is -2.45. The summed E-state index contributed by atoms with van der Waals surface area (Å²) in [5, 5.41) is 0. The molecule has 2 aromatic rings. The van der Waals surface area contributed by atoms with Crippen molar-refractivity contribution in [1.82, 2.24) is 4.98 Å². The molecule has 0 unspecified atom stereocenters. The van der Waals surface area contributed by atoms with Crippen LogP contribution in [0.3, 0.4) is 0 Å². The number of aromatic nitrogens is 1. The van der Waals surface area contributed by atoms with Gasteiger partial charge in [0.25, 0.3) is 0 Å². The lowest BCUT2D eigenvalue weighted by atomic mass is 10.0. The Labute approximate surface area is 126 Å². The summed E-state index contributed by atoms with van der Waals surface area (Å²) in [5.74, 6) is -0.923. The number of methoxy groups -OCH3 is 1. The van der Waals surface area contributed by atoms with Gasteiger partial charge < -0.3 is 9.47 Å². The smallest absolute Gasteiger partial charge is 0.481 e. The average Bonchev–Trinajstić information content (AvgIpc) is 2.44. The van der Waals surface area contributed by atoms with Gasteiger partial charge >= 0.3 is 12.5 Å². The molecule has 1 aromatic carbocycles. The first-order valence-corrected chi connectivity index (χ1v) is 6.08. The van der Waals surface area contributed by atoms with Gasteiger partial charge in [0.15, 0.2) is 0 Å². The molecule has 0 N–H and O–H groups in total. The lowest BCUT2D eigenvalue weighted by molar-refractivity contribution is -0.274. The van der Waals surface area contributed by atoms with E-state index in [1.807, 2.05) is 0 Å². The number of ether oxygens (including phenoxy) is 2. The Morgan fingerprint density at radius 3 is 2.17 bits per heavy atom. The Balaban J connectivity index is 2.66. The molecule has 1 heterocycles. The molecular formula is C14H9F6NO2. The standard InChI is InChI=1S/C14H9F6NO2/c1-22-12-6-9(10(7-21-12)13(15,16)17)8-4-2-3-5-11(8)23-14(18,19)20/h2-7H,1H3. The fourth-order valence-corrected chi connectivity index (χ4v) is 1.90. The molecule has 0 atom stereocenters. The number of rotatable bonds is 3. The second-order valence-electron chi connectivity index (χ2n) is 4.31. The largest absolute Gasteiger partial charge is 0.573 e. The number of benzene rings is 1. The van der Waals surface area contributed by atoms with Crippen LogP contribution >= 0.6 is 0 Å². The van der Waals surface area contributed by atoms with E-state index in [2.05, 4.69) is 9.72 Å². The fraction of sp³-hybridized carbons (Fsp3) is 0.214. The molecule has 0 fully saturated rings. The zero-order valence-corrected chi connectivity index (χ0v) is 11.5. The molecule has 9 heteroatoms. The van der Waals surface area contributed by atoms with Crippen molar-refractivity contribution >= 4 is 0 Å². The zero-order valence-electron chi connectivity index (χ0n) is 11.5. The van der Waals surface area contributed by atoms with Crippen LogP contribution < -0.4 is 9.47 Å². The predicted octanol–water partition coefficient (Wildman–Crippen LogP) is 4.67. The van der Waals surface area contributed by atoms with Gasteiger partial charge in [0, 0.05) is 23.4 Å². The molecule has 0 saturated carbocycles. The van der Waals surface area contributed by atoms with Crippen molar-refractivity contribution in [3.05, 3.63) is 42.1 Å². The highest BCUT2D eigenvalue weighted by Crippen LogP contribution is 2.42. The van der Waals surface area contributed by atoms with E-state index in [0.29, 0.717) is 6.20 Å². The Bertz CT molecular complexity index is 696. The van der Waals surface area contributed by atoms with Crippen LogP contribution in [-0.4, -0.2) is 18.5 Å². The molecule has 0 aliphatic rings. The van der Waals surface area contributed by atoms with Crippen molar-refractivity contribution in [3.63, 3.8) is 0 Å². The van der Waals surface area contributed by atoms with Crippen molar-refractivity contribution in [2.24, 2.45) is 0 Å². The van der Waals surface area contributed by atoms with Gasteiger partial charge in [-0.2, -0.15) is 13.2 Å². The van der Waals surface area contributed by atoms with Gasteiger partial charge in [0.1, 0.15) is 5.75 Å². The minimum Gasteiger partial charge on any atom is -0.481 e. The van der Waals surface area contributed by atoms with Gasteiger partial charge in [0.05, 0.1) is 12.7 Å². The van der Waals surface area contributed by atoms with Gasteiger partial charge in [-0.3, -0.25) is 0 Å². The first-order valence-electron chi connectivity index (χ1n) is 6.08. The van der Waals surface area contributed by atoms with Crippen molar-refractivity contribution in [3.8, 4) is 22.8 Å². The van der Waals surface area contributed by atoms with Gasteiger partial charge in [0.2, 0.25) is 5.88 Å². The summed E-state index contributed by atoms with van der Waals surface area (Å²) < 4.78 is 85.1. The summed E-state index contributed by atoms with van der Waals surface area (Å²) >= 11 is 0. The van der Waals surface area contributed by atoms with Gasteiger partial charge in [-0.25, -0.2) is 4.98 Å². The van der Waals surface area contributed by atoms with Crippen LogP contribution in [0.2, 0.25) is 0 Å². The maximum Gasteiger partial charge on any atom is 0.573 e. The third-order valence-electron chi connectivity index (χ3n) is 2.80. The maximum absolute atomic E-state index is 13.1. The predicted molar refractivity (Wildman–Crippen MR) is 67.9 cm³/mol. The molecule has 0 aliphatic carbocycles. The van der Waals surface area contributed by atoms with E-state index in [1.54, 1.807) is 0 Å². The van der Waals surface area contributed by atoms with Gasteiger partial charge in [-0.15, -0.1) is 13.2 Å². The van der Waals surface area contributed by atoms with E-state index >= 15 is 0 Å². The van der Waals surface area contributed by atoms with Crippen LogP contribution in [0.25, 0.3) is 11.1 Å². The monoisotopic (exact) mass is 337 g/mol. The molecule has 0 bridgehead atoms. The normalized spacial score (nSPS) is 12.1. The summed E-state index contributed by atoms with van der Waals surface area (Å²) in [4.78, 5) is 3.45. The number of para-hydroxylation sites is 1. The second-order valence-corrected chi connectivity index (χ2v) is 4.31. The first kappa shape index (κ1) is 16.9. The molecule has 0 spiro atoms. The van der Waals surface area contributed by atoms with Gasteiger partial charge in [-0.1, -0.05) is 18.2 Å². The number of pyridine rings is 1. The fourth-order valence-electron chi connectivity index (χ4n) is 1.90. The summed E-state index contributed by atoms with van der Waals surface area (Å²) in [5.41, 5.74) is -2.10. The van der Waals surface area contributed by atoms with Crippen LogP contribution in [0.4, 0.5) is 26.3 Å². The number of hydrogen-bond acceptors (Lipinski definition) is 3. The highest BCUT2D eigenvalue weighted by molar-refractivity contribution is 5.74. The van der Waals surface area contributed by atoms with Crippen molar-refractivity contribution in [1.29, 1.82) is 0 Å². The minimum absolute atomic E-state index is 0.171. The molecule has 1 aromatic heterocycles. The molecule has 0 radical (unpaired) electrons. The van der Waals surface area contributed by atoms with E-state index in [-0.39, 0.29) is 11.4 Å². The molecule has 2 rings (SSSR count). The Kier molecular flexibility index (Phi) is 4.39. The van der Waals surface area contributed by atoms with E-state index in [0.717, 1.165) is 18.2 Å². The average molecular weight is 337 g/mol. The van der Waals surface area contributed by atoms with E-state index in [9.17, 15) is 26.3 Å². The summed E-state index contributed by atoms with van der Waals surface area (Å²) in [6, 6.07) is 5.43. The lowest BCUT2D eigenvalue weighted by Crippen LogP contribution is -2.18. The molecule has 0 aliphatic heterocycles. The summed E-state index contributed by atoms with van der Waals surface area (Å²) in [6.45, 7) is 0. The van der Waals surface area contributed by atoms with Crippen LogP contribution in [-0.2, 0) is 6.18 Å². The molecule has 23 heavy (non-hydrogen) atoms. The minimum atomic E-state index is -5.04. The van der Waals surface area contributed by atoms with Gasteiger partial charge in [-0.05, 0) is 6.07 Å². The number of halogens is 6. The van der Waals surface area contributed by atoms with Crippen molar-refractivity contribution in [2.75, 3.05) is 7.11 Å². The summed E-state index contributed by atoms with van der Waals surface area (Å²) in [7, 11) is 1.18. The van der Waals surface area contributed by atoms with E-state index < -0.39 is 29.4 Å². The first-order chi connectivity index (χ1) is 10.6. The van der Waals surface area contributed by atoms with Crippen molar-refractivity contribution in [2.45, 2.75) is 12.5 Å². The third-order valence-corrected chi connectivity index (χ3v) is 2.80. The lowest BCUT2D eigenvalue weighted by Gasteiger charge is -2.17. The Morgan fingerprint density at radius 1 is 0.957 bits per heavy atom. The van der Waals surface area contributed by atoms with E-state index in [4.69, 9.17) is 4.74 Å². The molecule has 0 saturated heterocycles. The summed E-state index contributed by atoms with van der Waals surface area (Å²) in [6.07, 6.45) is -9.34. The number of nitrogens with zero attached hydrogens (tertiary/aromatic N) is 1. The topological polar surface area (TPSA) is 31.4 Å². The van der Waals surface area contributed by atoms with Crippen LogP contribution in [0, 0.1) is 0 Å². The zero-order chi connectivity index (χ0) is 17.3. The molecule has 124 valence electrons. The Morgan fingerprint density at radius 2 is 1.61 bits per heavy atom. The molecule has 0 amide bonds. The SMILES string of the molecule is COc1cc(-c2ccccc2OC(F)(F)F)c(C(F)(F)F)cn1. The van der Waals surface area contributed by atoms with E-state index in [1.165, 1.54) is 19.2 Å². The number of alkyl halides is 6. The maximum atomic E-state index is 13.1. The van der Waals surface area contributed by atoms with Crippen LogP contribution in [0.1, 0.15) is 5.56 Å². The molecule has 3 nitrogen and oxygen atoms in total. The third kappa shape index (κ3) is 4.05. The van der Waals surface area contributed by atoms with Crippen LogP contribution in [0.5, 0.6) is 11.6 Å². The van der Waals surface area contributed by atoms with Crippen molar-refractivity contribution < 1.29 is 35.8 Å². The number of hydrogen-bond donors (Lipinski definition) is 0. The van der Waals surface area contributed by atoms with Crippen LogP contribution in [0.15, 0.2) is 36.5 Å². The highest BCUT2D eigenvalue weighted by Gasteiger charge is 2.37. The molecular weight excluding hydrogens is 328 g/mol. The quantitative estimate of drug-likeness (QED) is 0.763.